The Bertz CT molecular complexity index is 409. The Labute approximate surface area is 67.5 Å². The van der Waals surface area contributed by atoms with E-state index in [-0.39, 0.29) is 6.61 Å². The SMILES string of the molecule is Nc1nc[nH+]c2nc(CO)[nH]c12. The fourth-order valence-corrected chi connectivity index (χ4v) is 1.01. The zero-order valence-electron chi connectivity index (χ0n) is 6.20. The van der Waals surface area contributed by atoms with Gasteiger partial charge in [0.15, 0.2) is 5.52 Å². The average Bonchev–Trinajstić information content (AvgIpc) is 2.49. The van der Waals surface area contributed by atoms with Gasteiger partial charge in [-0.15, -0.1) is 0 Å². The number of nitrogen functional groups attached to an aromatic ring is 1. The van der Waals surface area contributed by atoms with Gasteiger partial charge in [-0.1, -0.05) is 9.97 Å². The van der Waals surface area contributed by atoms with Gasteiger partial charge in [-0.2, -0.15) is 0 Å². The summed E-state index contributed by atoms with van der Waals surface area (Å²) in [6.45, 7) is -0.137. The summed E-state index contributed by atoms with van der Waals surface area (Å²) < 4.78 is 0. The molecule has 0 saturated heterocycles. The lowest BCUT2D eigenvalue weighted by Gasteiger charge is -1.83. The van der Waals surface area contributed by atoms with Crippen LogP contribution in [0.4, 0.5) is 5.82 Å². The highest BCUT2D eigenvalue weighted by Crippen LogP contribution is 2.10. The number of aliphatic hydroxyl groups excluding tert-OH is 1. The van der Waals surface area contributed by atoms with Crippen LogP contribution in [0.1, 0.15) is 5.82 Å². The van der Waals surface area contributed by atoms with E-state index in [0.717, 1.165) is 0 Å². The highest BCUT2D eigenvalue weighted by Gasteiger charge is 2.12. The van der Waals surface area contributed by atoms with Crippen LogP contribution < -0.4 is 10.7 Å². The van der Waals surface area contributed by atoms with Crippen LogP contribution in [-0.4, -0.2) is 20.1 Å². The number of aliphatic hydroxyl groups is 1. The minimum absolute atomic E-state index is 0.137. The minimum Gasteiger partial charge on any atom is -0.387 e. The van der Waals surface area contributed by atoms with Crippen LogP contribution in [-0.2, 0) is 6.61 Å². The Kier molecular flexibility index (Phi) is 1.41. The van der Waals surface area contributed by atoms with Crippen molar-refractivity contribution in [1.29, 1.82) is 0 Å². The molecule has 62 valence electrons. The van der Waals surface area contributed by atoms with E-state index >= 15 is 0 Å². The topological polar surface area (TPSA) is 102 Å². The lowest BCUT2D eigenvalue weighted by molar-refractivity contribution is -0.352. The van der Waals surface area contributed by atoms with Gasteiger partial charge in [0.25, 0.3) is 5.65 Å². The Morgan fingerprint density at radius 3 is 3.17 bits per heavy atom. The summed E-state index contributed by atoms with van der Waals surface area (Å²) in [4.78, 5) is 13.5. The van der Waals surface area contributed by atoms with Crippen LogP contribution in [0.25, 0.3) is 11.2 Å². The maximum absolute atomic E-state index is 8.76. The van der Waals surface area contributed by atoms with Crippen LogP contribution in [0.2, 0.25) is 0 Å². The highest BCUT2D eigenvalue weighted by atomic mass is 16.3. The van der Waals surface area contributed by atoms with Crippen LogP contribution in [0, 0.1) is 0 Å². The molecule has 2 heterocycles. The minimum atomic E-state index is -0.137. The Balaban J connectivity index is 2.74. The number of nitrogens with two attached hydrogens (primary N) is 1. The van der Waals surface area contributed by atoms with Gasteiger partial charge in [-0.05, 0) is 0 Å². The summed E-state index contributed by atoms with van der Waals surface area (Å²) in [6, 6.07) is 0. The number of aromatic nitrogens is 4. The second kappa shape index (κ2) is 2.42. The van der Waals surface area contributed by atoms with Crippen molar-refractivity contribution in [2.24, 2.45) is 0 Å². The number of hydrogen-bond acceptors (Lipinski definition) is 4. The van der Waals surface area contributed by atoms with E-state index in [0.29, 0.717) is 22.8 Å². The third kappa shape index (κ3) is 0.892. The zero-order valence-corrected chi connectivity index (χ0v) is 6.20. The van der Waals surface area contributed by atoms with Crippen LogP contribution in [0.5, 0.6) is 0 Å². The van der Waals surface area contributed by atoms with Gasteiger partial charge in [-0.25, -0.2) is 4.98 Å². The third-order valence-corrected chi connectivity index (χ3v) is 1.56. The molecule has 2 rings (SSSR count). The van der Waals surface area contributed by atoms with Crippen molar-refractivity contribution >= 4 is 17.0 Å². The summed E-state index contributed by atoms with van der Waals surface area (Å²) >= 11 is 0. The quantitative estimate of drug-likeness (QED) is 0.497. The lowest BCUT2D eigenvalue weighted by atomic mass is 10.5. The number of imidazole rings is 1. The fraction of sp³-hybridized carbons (Fsp3) is 0.167. The van der Waals surface area contributed by atoms with E-state index in [9.17, 15) is 0 Å². The molecule has 2 aromatic rings. The van der Waals surface area contributed by atoms with Gasteiger partial charge in [-0.3, -0.25) is 0 Å². The number of fused-ring (bicyclic) bond motifs is 1. The Hall–Kier alpha value is -1.69. The number of hydrogen-bond donors (Lipinski definition) is 3. The molecule has 2 aromatic heterocycles. The molecule has 0 aliphatic carbocycles. The Morgan fingerprint density at radius 2 is 2.50 bits per heavy atom. The molecule has 0 unspecified atom stereocenters. The van der Waals surface area contributed by atoms with E-state index in [1.165, 1.54) is 6.33 Å². The van der Waals surface area contributed by atoms with Crippen molar-refractivity contribution in [3.8, 4) is 0 Å². The molecule has 0 aromatic carbocycles. The van der Waals surface area contributed by atoms with E-state index in [1.54, 1.807) is 0 Å². The average molecular weight is 166 g/mol. The second-order valence-corrected chi connectivity index (χ2v) is 2.35. The van der Waals surface area contributed by atoms with Crippen molar-refractivity contribution in [3.63, 3.8) is 0 Å². The van der Waals surface area contributed by atoms with E-state index in [2.05, 4.69) is 19.9 Å². The van der Waals surface area contributed by atoms with Crippen molar-refractivity contribution in [3.05, 3.63) is 12.2 Å². The predicted octanol–water partition coefficient (Wildman–Crippen LogP) is -1.15. The number of H-pyrrole nitrogens is 2. The maximum atomic E-state index is 8.76. The lowest BCUT2D eigenvalue weighted by Crippen LogP contribution is -2.06. The first-order chi connectivity index (χ1) is 5.81. The van der Waals surface area contributed by atoms with Crippen molar-refractivity contribution in [1.82, 2.24) is 15.0 Å². The fourth-order valence-electron chi connectivity index (χ4n) is 1.01. The van der Waals surface area contributed by atoms with Crippen molar-refractivity contribution in [2.45, 2.75) is 6.61 Å². The molecule has 0 radical (unpaired) electrons. The van der Waals surface area contributed by atoms with E-state index in [4.69, 9.17) is 10.8 Å². The van der Waals surface area contributed by atoms with Gasteiger partial charge in [0.05, 0.1) is 0 Å². The molecule has 0 bridgehead atoms. The summed E-state index contributed by atoms with van der Waals surface area (Å²) in [5.74, 6) is 0.844. The number of nitrogens with one attached hydrogen (secondary N) is 2. The molecule has 0 fully saturated rings. The van der Waals surface area contributed by atoms with E-state index < -0.39 is 0 Å². The zero-order chi connectivity index (χ0) is 8.55. The van der Waals surface area contributed by atoms with E-state index in [1.807, 2.05) is 0 Å². The molecule has 0 saturated carbocycles. The number of aromatic amines is 2. The summed E-state index contributed by atoms with van der Waals surface area (Å²) in [5, 5.41) is 8.76. The summed E-state index contributed by atoms with van der Waals surface area (Å²) in [5.41, 5.74) is 6.77. The smallest absolute Gasteiger partial charge is 0.291 e. The number of anilines is 1. The molecular weight excluding hydrogens is 158 g/mol. The standard InChI is InChI=1S/C6H7N5O/c7-5-4-6(9-2-8-5)11-3(1-12)10-4/h2,12H,1H2,(H3,7,8,9,10,11)/p+1. The van der Waals surface area contributed by atoms with Crippen LogP contribution in [0.15, 0.2) is 6.33 Å². The summed E-state index contributed by atoms with van der Waals surface area (Å²) in [7, 11) is 0. The first-order valence-corrected chi connectivity index (χ1v) is 3.43. The number of nitrogens with zero attached hydrogens (tertiary/aromatic N) is 2. The largest absolute Gasteiger partial charge is 0.387 e. The molecule has 0 aliphatic rings. The van der Waals surface area contributed by atoms with Crippen LogP contribution in [0.3, 0.4) is 0 Å². The molecule has 0 aliphatic heterocycles. The highest BCUT2D eigenvalue weighted by molar-refractivity contribution is 5.78. The molecule has 0 amide bonds. The Morgan fingerprint density at radius 1 is 1.67 bits per heavy atom. The molecule has 12 heavy (non-hydrogen) atoms. The molecule has 0 atom stereocenters. The molecule has 6 heteroatoms. The monoisotopic (exact) mass is 166 g/mol. The summed E-state index contributed by atoms with van der Waals surface area (Å²) in [6.07, 6.45) is 1.46. The van der Waals surface area contributed by atoms with Crippen molar-refractivity contribution in [2.75, 3.05) is 5.73 Å². The van der Waals surface area contributed by atoms with Gasteiger partial charge in [0.2, 0.25) is 18.0 Å². The molecule has 6 nitrogen and oxygen atoms in total. The second-order valence-electron chi connectivity index (χ2n) is 2.35. The van der Waals surface area contributed by atoms with Gasteiger partial charge in [0.1, 0.15) is 6.61 Å². The number of rotatable bonds is 1. The van der Waals surface area contributed by atoms with Gasteiger partial charge >= 0.3 is 0 Å². The normalized spacial score (nSPS) is 10.8. The first-order valence-electron chi connectivity index (χ1n) is 3.43. The van der Waals surface area contributed by atoms with Crippen LogP contribution >= 0.6 is 0 Å². The predicted molar refractivity (Wildman–Crippen MR) is 40.8 cm³/mol. The first kappa shape index (κ1) is 6.99. The van der Waals surface area contributed by atoms with Gasteiger partial charge in [0, 0.05) is 0 Å². The molecule has 0 spiro atoms. The van der Waals surface area contributed by atoms with Crippen molar-refractivity contribution < 1.29 is 10.1 Å². The third-order valence-electron chi connectivity index (χ3n) is 1.56. The molecular formula is C6H8N5O+. The molecule has 5 N–H and O–H groups in total. The van der Waals surface area contributed by atoms with Gasteiger partial charge < -0.3 is 15.8 Å². The maximum Gasteiger partial charge on any atom is 0.291 e.